The number of nitrogens with one attached hydrogen (secondary N) is 1. The van der Waals surface area contributed by atoms with Gasteiger partial charge in [-0.2, -0.15) is 0 Å². The summed E-state index contributed by atoms with van der Waals surface area (Å²) in [5.74, 6) is 0.401. The second-order valence-electron chi connectivity index (χ2n) is 9.77. The maximum atomic E-state index is 13.2. The molecule has 0 aromatic rings. The van der Waals surface area contributed by atoms with E-state index in [-0.39, 0.29) is 43.3 Å². The quantitative estimate of drug-likeness (QED) is 0.510. The Hall–Kier alpha value is -0.970. The Morgan fingerprint density at radius 3 is 2.50 bits per heavy atom. The number of nitrogens with zero attached hydrogens (tertiary/aromatic N) is 2. The van der Waals surface area contributed by atoms with E-state index < -0.39 is 18.3 Å². The van der Waals surface area contributed by atoms with Gasteiger partial charge in [-0.25, -0.2) is 0 Å². The van der Waals surface area contributed by atoms with E-state index in [1.807, 2.05) is 4.90 Å². The molecular formula is C24H46ClN3O6. The third-order valence-electron chi connectivity index (χ3n) is 6.50. The zero-order valence-electron chi connectivity index (χ0n) is 21.1. The van der Waals surface area contributed by atoms with Crippen molar-refractivity contribution in [2.75, 3.05) is 59.1 Å². The second kappa shape index (κ2) is 16.7. The number of piperidine rings is 1. The van der Waals surface area contributed by atoms with Crippen LogP contribution in [0.4, 0.5) is 0 Å². The molecule has 34 heavy (non-hydrogen) atoms. The van der Waals surface area contributed by atoms with Crippen LogP contribution in [0.5, 0.6) is 0 Å². The molecule has 0 radical (unpaired) electrons. The minimum absolute atomic E-state index is 0. The molecule has 10 heteroatoms. The summed E-state index contributed by atoms with van der Waals surface area (Å²) in [5, 5.41) is 24.5. The second-order valence-corrected chi connectivity index (χ2v) is 9.77. The summed E-state index contributed by atoms with van der Waals surface area (Å²) >= 11 is 0. The summed E-state index contributed by atoms with van der Waals surface area (Å²) in [6, 6.07) is 0. The Balaban J connectivity index is 0.00000578. The number of ether oxygens (including phenoxy) is 2. The molecular weight excluding hydrogens is 462 g/mol. The first kappa shape index (κ1) is 31.1. The van der Waals surface area contributed by atoms with Gasteiger partial charge in [-0.1, -0.05) is 13.8 Å². The van der Waals surface area contributed by atoms with Crippen molar-refractivity contribution in [2.45, 2.75) is 71.2 Å². The predicted octanol–water partition coefficient (Wildman–Crippen LogP) is 1.05. The number of hydrogen-bond acceptors (Lipinski definition) is 7. The molecule has 9 nitrogen and oxygen atoms in total. The zero-order valence-corrected chi connectivity index (χ0v) is 21.9. The molecule has 2 rings (SSSR count). The topological polar surface area (TPSA) is 112 Å². The van der Waals surface area contributed by atoms with Crippen molar-refractivity contribution in [2.24, 2.45) is 11.8 Å². The lowest BCUT2D eigenvalue weighted by Crippen LogP contribution is -2.51. The highest BCUT2D eigenvalue weighted by molar-refractivity contribution is 5.85. The fourth-order valence-electron chi connectivity index (χ4n) is 4.26. The molecule has 0 aromatic carbocycles. The smallest absolute Gasteiger partial charge is 0.227 e. The Morgan fingerprint density at radius 2 is 1.85 bits per heavy atom. The van der Waals surface area contributed by atoms with Crippen LogP contribution in [-0.2, 0) is 19.1 Å². The average molecular weight is 508 g/mol. The van der Waals surface area contributed by atoms with Crippen LogP contribution in [-0.4, -0.2) is 109 Å². The van der Waals surface area contributed by atoms with Gasteiger partial charge < -0.3 is 34.8 Å². The van der Waals surface area contributed by atoms with Crippen LogP contribution in [0.2, 0.25) is 0 Å². The molecule has 2 heterocycles. The van der Waals surface area contributed by atoms with Gasteiger partial charge >= 0.3 is 0 Å². The summed E-state index contributed by atoms with van der Waals surface area (Å²) < 4.78 is 11.5. The molecule has 2 aliphatic rings. The summed E-state index contributed by atoms with van der Waals surface area (Å²) in [7, 11) is 0. The third-order valence-corrected chi connectivity index (χ3v) is 6.50. The van der Waals surface area contributed by atoms with E-state index in [0.29, 0.717) is 45.3 Å². The molecule has 0 aliphatic carbocycles. The van der Waals surface area contributed by atoms with E-state index in [9.17, 15) is 19.8 Å². The van der Waals surface area contributed by atoms with E-state index >= 15 is 0 Å². The Labute approximate surface area is 210 Å². The molecule has 2 aliphatic heterocycles. The number of hydrogen-bond donors (Lipinski definition) is 3. The molecule has 2 amide bonds. The van der Waals surface area contributed by atoms with Gasteiger partial charge in [-0.05, 0) is 44.6 Å². The highest BCUT2D eigenvalue weighted by Gasteiger charge is 2.31. The fraction of sp³-hybridized carbons (Fsp3) is 0.917. The number of carbonyl (C=O) groups excluding carboxylic acids is 2. The third kappa shape index (κ3) is 10.7. The van der Waals surface area contributed by atoms with Crippen molar-refractivity contribution in [3.05, 3.63) is 0 Å². The first-order valence-electron chi connectivity index (χ1n) is 12.6. The van der Waals surface area contributed by atoms with Crippen LogP contribution in [0.1, 0.15) is 52.9 Å². The SMILES string of the molecule is CC(=O)N1CCN(C(=O)[C@@H]2CCCNC2)CCCCOC[C@@H](O)[C@@H](O)[C@H](OCCC(C)C)C1.Cl. The number of aliphatic hydroxyl groups excluding tert-OH is 2. The van der Waals surface area contributed by atoms with Crippen molar-refractivity contribution in [3.63, 3.8) is 0 Å². The maximum absolute atomic E-state index is 13.2. The Morgan fingerprint density at radius 1 is 1.12 bits per heavy atom. The van der Waals surface area contributed by atoms with E-state index in [4.69, 9.17) is 9.47 Å². The average Bonchev–Trinajstić information content (AvgIpc) is 2.79. The molecule has 3 N–H and O–H groups in total. The number of carbonyl (C=O) groups is 2. The van der Waals surface area contributed by atoms with Crippen molar-refractivity contribution in [3.8, 4) is 0 Å². The van der Waals surface area contributed by atoms with Gasteiger partial charge in [-0.15, -0.1) is 12.4 Å². The number of rotatable bonds is 5. The molecule has 0 saturated carbocycles. The van der Waals surface area contributed by atoms with Gasteiger partial charge in [0.1, 0.15) is 18.3 Å². The van der Waals surface area contributed by atoms with Crippen LogP contribution in [0.3, 0.4) is 0 Å². The highest BCUT2D eigenvalue weighted by Crippen LogP contribution is 2.16. The highest BCUT2D eigenvalue weighted by atomic mass is 35.5. The van der Waals surface area contributed by atoms with E-state index in [1.165, 1.54) is 6.92 Å². The lowest BCUT2D eigenvalue weighted by atomic mass is 9.98. The zero-order chi connectivity index (χ0) is 24.2. The van der Waals surface area contributed by atoms with Crippen LogP contribution in [0, 0.1) is 11.8 Å². The minimum atomic E-state index is -1.17. The molecule has 0 unspecified atom stereocenters. The summed E-state index contributed by atoms with van der Waals surface area (Å²) in [4.78, 5) is 29.1. The Bertz CT molecular complexity index is 591. The van der Waals surface area contributed by atoms with Gasteiger partial charge in [0.15, 0.2) is 0 Å². The molecule has 2 fully saturated rings. The molecule has 0 bridgehead atoms. The van der Waals surface area contributed by atoms with Crippen molar-refractivity contribution >= 4 is 24.2 Å². The van der Waals surface area contributed by atoms with E-state index in [1.54, 1.807) is 4.90 Å². The number of aliphatic hydroxyl groups is 2. The maximum Gasteiger partial charge on any atom is 0.227 e. The van der Waals surface area contributed by atoms with Crippen LogP contribution >= 0.6 is 12.4 Å². The number of halogens is 1. The lowest BCUT2D eigenvalue weighted by Gasteiger charge is -2.35. The summed E-state index contributed by atoms with van der Waals surface area (Å²) in [6.07, 6.45) is 1.22. The lowest BCUT2D eigenvalue weighted by molar-refractivity contribution is -0.143. The van der Waals surface area contributed by atoms with Crippen molar-refractivity contribution in [1.29, 1.82) is 0 Å². The van der Waals surface area contributed by atoms with Gasteiger partial charge in [0.2, 0.25) is 11.8 Å². The van der Waals surface area contributed by atoms with Crippen molar-refractivity contribution in [1.82, 2.24) is 15.1 Å². The van der Waals surface area contributed by atoms with E-state index in [2.05, 4.69) is 19.2 Å². The van der Waals surface area contributed by atoms with Gasteiger partial charge in [0.05, 0.1) is 12.5 Å². The van der Waals surface area contributed by atoms with E-state index in [0.717, 1.165) is 38.6 Å². The molecule has 200 valence electrons. The summed E-state index contributed by atoms with van der Waals surface area (Å²) in [5.41, 5.74) is 0. The van der Waals surface area contributed by atoms with Gasteiger partial charge in [0.25, 0.3) is 0 Å². The van der Waals surface area contributed by atoms with Crippen LogP contribution in [0.25, 0.3) is 0 Å². The van der Waals surface area contributed by atoms with Crippen LogP contribution < -0.4 is 5.32 Å². The monoisotopic (exact) mass is 507 g/mol. The van der Waals surface area contributed by atoms with Gasteiger partial charge in [-0.3, -0.25) is 9.59 Å². The summed E-state index contributed by atoms with van der Waals surface area (Å²) in [6.45, 7) is 9.76. The minimum Gasteiger partial charge on any atom is -0.388 e. The first-order chi connectivity index (χ1) is 15.8. The van der Waals surface area contributed by atoms with Crippen LogP contribution in [0.15, 0.2) is 0 Å². The normalized spacial score (nSPS) is 28.2. The Kier molecular flexibility index (Phi) is 15.2. The predicted molar refractivity (Wildman–Crippen MR) is 133 cm³/mol. The number of amides is 2. The largest absolute Gasteiger partial charge is 0.388 e. The molecule has 0 aromatic heterocycles. The molecule has 2 saturated heterocycles. The molecule has 4 atom stereocenters. The van der Waals surface area contributed by atoms with Crippen molar-refractivity contribution < 1.29 is 29.3 Å². The standard InChI is InChI=1S/C24H45N3O6.ClH/c1-18(2)8-14-33-22-16-27(19(3)28)12-11-26(24(31)20-7-6-9-25-15-20)10-4-5-13-32-17-21(29)23(22)30;/h18,20-23,25,29-30H,4-17H2,1-3H3;1H/t20-,21-,22-,23-;/m1./s1. The fourth-order valence-corrected chi connectivity index (χ4v) is 4.26. The molecule has 0 spiro atoms. The first-order valence-corrected chi connectivity index (χ1v) is 12.6. The van der Waals surface area contributed by atoms with Gasteiger partial charge in [0, 0.05) is 52.9 Å².